The van der Waals surface area contributed by atoms with Gasteiger partial charge < -0.3 is 5.32 Å². The van der Waals surface area contributed by atoms with E-state index in [0.29, 0.717) is 0 Å². The zero-order chi connectivity index (χ0) is 21.1. The Labute approximate surface area is 169 Å². The predicted molar refractivity (Wildman–Crippen MR) is 104 cm³/mol. The summed E-state index contributed by atoms with van der Waals surface area (Å²) in [7, 11) is 0. The Balaban J connectivity index is 1.63. The lowest BCUT2D eigenvalue weighted by Crippen LogP contribution is -2.17. The smallest absolute Gasteiger partial charge is 0.322 e. The Morgan fingerprint density at radius 3 is 2.57 bits per heavy atom. The van der Waals surface area contributed by atoms with Crippen molar-refractivity contribution in [3.8, 4) is 16.9 Å². The lowest BCUT2D eigenvalue weighted by atomic mass is 10.1. The Kier molecular flexibility index (Phi) is 5.01. The summed E-state index contributed by atoms with van der Waals surface area (Å²) in [6.07, 6.45) is 3.64. The molecule has 0 aliphatic carbocycles. The molecule has 0 aliphatic heterocycles. The van der Waals surface area contributed by atoms with Gasteiger partial charge in [0.15, 0.2) is 5.82 Å². The Morgan fingerprint density at radius 1 is 0.967 bits per heavy atom. The monoisotopic (exact) mass is 409 g/mol. The van der Waals surface area contributed by atoms with Gasteiger partial charge in [0.25, 0.3) is 5.91 Å². The summed E-state index contributed by atoms with van der Waals surface area (Å²) >= 11 is 0. The third kappa shape index (κ3) is 4.04. The standard InChI is InChI=1S/C21H14F3N5O/c22-21(23,24)16-5-1-6-17(10-16)28-20(30)18-7-3-9-26-19(18)29-13-15(12-27-29)14-4-2-8-25-11-14/h1-13H,(H,28,30). The zero-order valence-corrected chi connectivity index (χ0v) is 15.3. The van der Waals surface area contributed by atoms with Gasteiger partial charge in [-0.15, -0.1) is 0 Å². The van der Waals surface area contributed by atoms with E-state index in [1.54, 1.807) is 36.9 Å². The van der Waals surface area contributed by atoms with E-state index >= 15 is 0 Å². The molecule has 0 spiro atoms. The van der Waals surface area contributed by atoms with Crippen LogP contribution in [-0.4, -0.2) is 25.7 Å². The number of aromatic nitrogens is 4. The Hall–Kier alpha value is -4.01. The van der Waals surface area contributed by atoms with Crippen molar-refractivity contribution in [3.05, 3.63) is 90.6 Å². The fraction of sp³-hybridized carbons (Fsp3) is 0.0476. The number of rotatable bonds is 4. The average molecular weight is 409 g/mol. The van der Waals surface area contributed by atoms with Crippen LogP contribution in [0.25, 0.3) is 16.9 Å². The highest BCUT2D eigenvalue weighted by Crippen LogP contribution is 2.31. The molecule has 9 heteroatoms. The van der Waals surface area contributed by atoms with Crippen LogP contribution in [0.2, 0.25) is 0 Å². The molecule has 0 saturated heterocycles. The quantitative estimate of drug-likeness (QED) is 0.535. The van der Waals surface area contributed by atoms with Gasteiger partial charge in [-0.1, -0.05) is 12.1 Å². The largest absolute Gasteiger partial charge is 0.416 e. The molecule has 3 aromatic heterocycles. The minimum atomic E-state index is -4.50. The molecule has 150 valence electrons. The number of pyridine rings is 2. The summed E-state index contributed by atoms with van der Waals surface area (Å²) in [6, 6.07) is 11.2. The number of hydrogen-bond acceptors (Lipinski definition) is 4. The molecular weight excluding hydrogens is 395 g/mol. The third-order valence-electron chi connectivity index (χ3n) is 4.27. The maximum atomic E-state index is 12.9. The second kappa shape index (κ2) is 7.78. The van der Waals surface area contributed by atoms with Gasteiger partial charge in [0.05, 0.1) is 17.3 Å². The molecule has 6 nitrogen and oxygen atoms in total. The van der Waals surface area contributed by atoms with Crippen LogP contribution in [0.5, 0.6) is 0 Å². The molecule has 4 rings (SSSR count). The molecule has 0 radical (unpaired) electrons. The number of carbonyl (C=O) groups is 1. The van der Waals surface area contributed by atoms with E-state index in [-0.39, 0.29) is 17.1 Å². The van der Waals surface area contributed by atoms with E-state index in [1.807, 2.05) is 6.07 Å². The van der Waals surface area contributed by atoms with E-state index in [1.165, 1.54) is 29.1 Å². The van der Waals surface area contributed by atoms with E-state index in [2.05, 4.69) is 20.4 Å². The highest BCUT2D eigenvalue weighted by molar-refractivity contribution is 6.06. The lowest BCUT2D eigenvalue weighted by molar-refractivity contribution is -0.137. The van der Waals surface area contributed by atoms with Gasteiger partial charge >= 0.3 is 6.18 Å². The Morgan fingerprint density at radius 2 is 1.80 bits per heavy atom. The normalized spacial score (nSPS) is 11.3. The van der Waals surface area contributed by atoms with Crippen LogP contribution in [0.4, 0.5) is 18.9 Å². The summed E-state index contributed by atoms with van der Waals surface area (Å²) in [5, 5.41) is 6.75. The molecule has 0 aliphatic rings. The number of nitrogens with zero attached hydrogens (tertiary/aromatic N) is 4. The van der Waals surface area contributed by atoms with Crippen molar-refractivity contribution >= 4 is 11.6 Å². The summed E-state index contributed by atoms with van der Waals surface area (Å²) in [5.74, 6) is -0.354. The first-order valence-corrected chi connectivity index (χ1v) is 8.81. The first-order chi connectivity index (χ1) is 14.4. The third-order valence-corrected chi connectivity index (χ3v) is 4.27. The van der Waals surface area contributed by atoms with E-state index in [4.69, 9.17) is 0 Å². The molecular formula is C21H14F3N5O. The highest BCUT2D eigenvalue weighted by Gasteiger charge is 2.30. The van der Waals surface area contributed by atoms with E-state index < -0.39 is 17.6 Å². The molecule has 3 heterocycles. The first-order valence-electron chi connectivity index (χ1n) is 8.81. The van der Waals surface area contributed by atoms with Crippen molar-refractivity contribution in [3.63, 3.8) is 0 Å². The van der Waals surface area contributed by atoms with Gasteiger partial charge in [-0.05, 0) is 36.4 Å². The van der Waals surface area contributed by atoms with Gasteiger partial charge in [0.2, 0.25) is 0 Å². The van der Waals surface area contributed by atoms with Crippen molar-refractivity contribution in [1.82, 2.24) is 19.7 Å². The zero-order valence-electron chi connectivity index (χ0n) is 15.3. The number of hydrogen-bond donors (Lipinski definition) is 1. The molecule has 30 heavy (non-hydrogen) atoms. The van der Waals surface area contributed by atoms with Crippen LogP contribution in [0.3, 0.4) is 0 Å². The molecule has 0 unspecified atom stereocenters. The number of amides is 1. The van der Waals surface area contributed by atoms with Crippen molar-refractivity contribution in [1.29, 1.82) is 0 Å². The van der Waals surface area contributed by atoms with Gasteiger partial charge in [0, 0.05) is 41.6 Å². The van der Waals surface area contributed by atoms with Crippen molar-refractivity contribution in [2.24, 2.45) is 0 Å². The fourth-order valence-corrected chi connectivity index (χ4v) is 2.85. The highest BCUT2D eigenvalue weighted by atomic mass is 19.4. The fourth-order valence-electron chi connectivity index (χ4n) is 2.85. The van der Waals surface area contributed by atoms with Crippen LogP contribution >= 0.6 is 0 Å². The molecule has 1 N–H and O–H groups in total. The predicted octanol–water partition coefficient (Wildman–Crippen LogP) is 4.60. The number of benzene rings is 1. The van der Waals surface area contributed by atoms with Gasteiger partial charge in [-0.3, -0.25) is 9.78 Å². The summed E-state index contributed by atoms with van der Waals surface area (Å²) in [5.41, 5.74) is 0.962. The van der Waals surface area contributed by atoms with Crippen LogP contribution in [0.1, 0.15) is 15.9 Å². The maximum Gasteiger partial charge on any atom is 0.416 e. The maximum absolute atomic E-state index is 12.9. The summed E-state index contributed by atoms with van der Waals surface area (Å²) in [6.45, 7) is 0. The lowest BCUT2D eigenvalue weighted by Gasteiger charge is -2.11. The van der Waals surface area contributed by atoms with Gasteiger partial charge in [-0.2, -0.15) is 18.3 Å². The van der Waals surface area contributed by atoms with Gasteiger partial charge in [0.1, 0.15) is 0 Å². The second-order valence-electron chi connectivity index (χ2n) is 6.32. The summed E-state index contributed by atoms with van der Waals surface area (Å²) < 4.78 is 40.2. The van der Waals surface area contributed by atoms with Gasteiger partial charge in [-0.25, -0.2) is 9.67 Å². The van der Waals surface area contributed by atoms with Crippen LogP contribution in [0.15, 0.2) is 79.5 Å². The SMILES string of the molecule is O=C(Nc1cccc(C(F)(F)F)c1)c1cccnc1-n1cc(-c2cccnc2)cn1. The number of nitrogens with one attached hydrogen (secondary N) is 1. The number of alkyl halides is 3. The van der Waals surface area contributed by atoms with Crippen molar-refractivity contribution in [2.45, 2.75) is 6.18 Å². The van der Waals surface area contributed by atoms with Crippen LogP contribution in [0, 0.1) is 0 Å². The molecule has 1 amide bonds. The average Bonchev–Trinajstić information content (AvgIpc) is 3.24. The molecule has 0 fully saturated rings. The second-order valence-corrected chi connectivity index (χ2v) is 6.32. The van der Waals surface area contributed by atoms with Crippen LogP contribution < -0.4 is 5.32 Å². The van der Waals surface area contributed by atoms with Crippen LogP contribution in [-0.2, 0) is 6.18 Å². The molecule has 0 bridgehead atoms. The molecule has 0 atom stereocenters. The topological polar surface area (TPSA) is 72.7 Å². The van der Waals surface area contributed by atoms with E-state index in [0.717, 1.165) is 23.3 Å². The number of anilines is 1. The number of halogens is 3. The minimum Gasteiger partial charge on any atom is -0.322 e. The minimum absolute atomic E-state index is 0.0288. The van der Waals surface area contributed by atoms with Crippen molar-refractivity contribution in [2.75, 3.05) is 5.32 Å². The molecule has 1 aromatic carbocycles. The van der Waals surface area contributed by atoms with E-state index in [9.17, 15) is 18.0 Å². The Bertz CT molecular complexity index is 1190. The first kappa shape index (κ1) is 19.3. The summed E-state index contributed by atoms with van der Waals surface area (Å²) in [4.78, 5) is 21.0. The molecule has 4 aromatic rings. The number of carbonyl (C=O) groups excluding carboxylic acids is 1. The van der Waals surface area contributed by atoms with Crippen molar-refractivity contribution < 1.29 is 18.0 Å². The molecule has 0 saturated carbocycles.